The van der Waals surface area contributed by atoms with Gasteiger partial charge in [-0.2, -0.15) is 0 Å². The molecule has 2 heteroatoms. The molecule has 0 radical (unpaired) electrons. The van der Waals surface area contributed by atoms with E-state index < -0.39 is 0 Å². The summed E-state index contributed by atoms with van der Waals surface area (Å²) in [5.41, 5.74) is 0. The Morgan fingerprint density at radius 3 is 2.91 bits per heavy atom. The van der Waals surface area contributed by atoms with Gasteiger partial charge in [-0.1, -0.05) is 13.3 Å². The first-order chi connectivity index (χ1) is 5.38. The van der Waals surface area contributed by atoms with Gasteiger partial charge in [0, 0.05) is 11.9 Å². The van der Waals surface area contributed by atoms with Crippen LogP contribution >= 0.6 is 11.6 Å². The van der Waals surface area contributed by atoms with Gasteiger partial charge >= 0.3 is 0 Å². The molecule has 0 heterocycles. The van der Waals surface area contributed by atoms with Gasteiger partial charge in [0.2, 0.25) is 0 Å². The second-order valence-electron chi connectivity index (χ2n) is 3.41. The van der Waals surface area contributed by atoms with Crippen molar-refractivity contribution in [2.24, 2.45) is 5.92 Å². The maximum atomic E-state index is 5.84. The molecule has 1 fully saturated rings. The molecule has 11 heavy (non-hydrogen) atoms. The third kappa shape index (κ3) is 2.64. The SMILES string of the molecule is CCCNC1CCCC1CCl. The minimum Gasteiger partial charge on any atom is -0.314 e. The highest BCUT2D eigenvalue weighted by atomic mass is 35.5. The molecule has 0 spiro atoms. The van der Waals surface area contributed by atoms with Crippen molar-refractivity contribution < 1.29 is 0 Å². The fraction of sp³-hybridized carbons (Fsp3) is 1.00. The summed E-state index contributed by atoms with van der Waals surface area (Å²) < 4.78 is 0. The van der Waals surface area contributed by atoms with Gasteiger partial charge in [0.15, 0.2) is 0 Å². The van der Waals surface area contributed by atoms with Crippen molar-refractivity contribution in [2.75, 3.05) is 12.4 Å². The molecule has 1 aliphatic carbocycles. The van der Waals surface area contributed by atoms with Crippen LogP contribution in [0.15, 0.2) is 0 Å². The van der Waals surface area contributed by atoms with Crippen LogP contribution in [0.2, 0.25) is 0 Å². The summed E-state index contributed by atoms with van der Waals surface area (Å²) in [4.78, 5) is 0. The first-order valence-corrected chi connectivity index (χ1v) is 5.21. The average Bonchev–Trinajstić information content (AvgIpc) is 2.47. The predicted molar refractivity (Wildman–Crippen MR) is 50.1 cm³/mol. The molecule has 0 saturated heterocycles. The number of alkyl halides is 1. The topological polar surface area (TPSA) is 12.0 Å². The normalized spacial score (nSPS) is 31.1. The number of rotatable bonds is 4. The number of nitrogens with one attached hydrogen (secondary N) is 1. The monoisotopic (exact) mass is 175 g/mol. The summed E-state index contributed by atoms with van der Waals surface area (Å²) in [5, 5.41) is 3.55. The molecule has 1 nitrogen and oxygen atoms in total. The average molecular weight is 176 g/mol. The van der Waals surface area contributed by atoms with Crippen LogP contribution in [0.1, 0.15) is 32.6 Å². The van der Waals surface area contributed by atoms with Crippen molar-refractivity contribution >= 4 is 11.6 Å². The van der Waals surface area contributed by atoms with Crippen LogP contribution in [0, 0.1) is 5.92 Å². The zero-order chi connectivity index (χ0) is 8.10. The summed E-state index contributed by atoms with van der Waals surface area (Å²) in [7, 11) is 0. The minimum absolute atomic E-state index is 0.715. The predicted octanol–water partition coefficient (Wildman–Crippen LogP) is 2.39. The Balaban J connectivity index is 2.20. The summed E-state index contributed by atoms with van der Waals surface area (Å²) in [6.07, 6.45) is 5.24. The third-order valence-electron chi connectivity index (χ3n) is 2.51. The van der Waals surface area contributed by atoms with Crippen molar-refractivity contribution in [3.63, 3.8) is 0 Å². The maximum absolute atomic E-state index is 5.84. The lowest BCUT2D eigenvalue weighted by Gasteiger charge is -2.17. The van der Waals surface area contributed by atoms with Gasteiger partial charge in [0.1, 0.15) is 0 Å². The van der Waals surface area contributed by atoms with E-state index in [1.165, 1.54) is 25.7 Å². The summed E-state index contributed by atoms with van der Waals surface area (Å²) >= 11 is 5.84. The Morgan fingerprint density at radius 1 is 1.45 bits per heavy atom. The van der Waals surface area contributed by atoms with E-state index in [2.05, 4.69) is 12.2 Å². The highest BCUT2D eigenvalue weighted by molar-refractivity contribution is 6.18. The van der Waals surface area contributed by atoms with Crippen LogP contribution in [0.3, 0.4) is 0 Å². The fourth-order valence-electron chi connectivity index (χ4n) is 1.82. The number of hydrogen-bond donors (Lipinski definition) is 1. The highest BCUT2D eigenvalue weighted by Crippen LogP contribution is 2.26. The van der Waals surface area contributed by atoms with E-state index in [9.17, 15) is 0 Å². The van der Waals surface area contributed by atoms with E-state index in [0.29, 0.717) is 6.04 Å². The first-order valence-electron chi connectivity index (χ1n) is 4.67. The minimum atomic E-state index is 0.715. The molecule has 0 bridgehead atoms. The third-order valence-corrected chi connectivity index (χ3v) is 2.91. The molecule has 0 aromatic carbocycles. The Hall–Kier alpha value is 0.250. The van der Waals surface area contributed by atoms with Crippen molar-refractivity contribution in [3.05, 3.63) is 0 Å². The van der Waals surface area contributed by atoms with Crippen molar-refractivity contribution in [1.82, 2.24) is 5.32 Å². The zero-order valence-electron chi connectivity index (χ0n) is 7.28. The lowest BCUT2D eigenvalue weighted by Crippen LogP contribution is -2.33. The van der Waals surface area contributed by atoms with Gasteiger partial charge in [-0.15, -0.1) is 11.6 Å². The van der Waals surface area contributed by atoms with Gasteiger partial charge < -0.3 is 5.32 Å². The molecule has 0 aliphatic heterocycles. The van der Waals surface area contributed by atoms with E-state index in [4.69, 9.17) is 11.6 Å². The van der Waals surface area contributed by atoms with Crippen molar-refractivity contribution in [1.29, 1.82) is 0 Å². The molecule has 1 saturated carbocycles. The summed E-state index contributed by atoms with van der Waals surface area (Å²) in [6, 6.07) is 0.715. The Morgan fingerprint density at radius 2 is 2.27 bits per heavy atom. The molecule has 0 aromatic rings. The second kappa shape index (κ2) is 5.00. The lowest BCUT2D eigenvalue weighted by atomic mass is 10.1. The van der Waals surface area contributed by atoms with Crippen molar-refractivity contribution in [2.45, 2.75) is 38.6 Å². The van der Waals surface area contributed by atoms with Crippen molar-refractivity contribution in [3.8, 4) is 0 Å². The molecule has 0 amide bonds. The quantitative estimate of drug-likeness (QED) is 0.648. The molecular formula is C9H18ClN. The van der Waals surface area contributed by atoms with Gasteiger partial charge in [0.05, 0.1) is 0 Å². The van der Waals surface area contributed by atoms with Gasteiger partial charge in [0.25, 0.3) is 0 Å². The summed E-state index contributed by atoms with van der Waals surface area (Å²) in [5.74, 6) is 1.57. The molecule has 1 rings (SSSR count). The van der Waals surface area contributed by atoms with E-state index in [1.807, 2.05) is 0 Å². The van der Waals surface area contributed by atoms with Crippen LogP contribution in [-0.2, 0) is 0 Å². The smallest absolute Gasteiger partial charge is 0.0266 e. The molecule has 0 aromatic heterocycles. The number of hydrogen-bond acceptors (Lipinski definition) is 1. The summed E-state index contributed by atoms with van der Waals surface area (Å²) in [6.45, 7) is 3.36. The number of halogens is 1. The van der Waals surface area contributed by atoms with Crippen LogP contribution in [0.25, 0.3) is 0 Å². The second-order valence-corrected chi connectivity index (χ2v) is 3.71. The van der Waals surface area contributed by atoms with Gasteiger partial charge in [-0.25, -0.2) is 0 Å². The standard InChI is InChI=1S/C9H18ClN/c1-2-6-11-9-5-3-4-8(9)7-10/h8-9,11H,2-7H2,1H3. The zero-order valence-corrected chi connectivity index (χ0v) is 8.03. The Labute approximate surface area is 74.5 Å². The molecular weight excluding hydrogens is 158 g/mol. The van der Waals surface area contributed by atoms with Crippen LogP contribution in [0.5, 0.6) is 0 Å². The van der Waals surface area contributed by atoms with E-state index in [1.54, 1.807) is 0 Å². The highest BCUT2D eigenvalue weighted by Gasteiger charge is 2.25. The first kappa shape index (κ1) is 9.34. The maximum Gasteiger partial charge on any atom is 0.0266 e. The van der Waals surface area contributed by atoms with Crippen LogP contribution < -0.4 is 5.32 Å². The lowest BCUT2D eigenvalue weighted by molar-refractivity contribution is 0.431. The fourth-order valence-corrected chi connectivity index (χ4v) is 2.19. The Bertz CT molecular complexity index is 106. The van der Waals surface area contributed by atoms with Crippen LogP contribution in [-0.4, -0.2) is 18.5 Å². The molecule has 2 unspecified atom stereocenters. The van der Waals surface area contributed by atoms with E-state index in [-0.39, 0.29) is 0 Å². The van der Waals surface area contributed by atoms with E-state index >= 15 is 0 Å². The molecule has 1 aliphatic rings. The van der Waals surface area contributed by atoms with Gasteiger partial charge in [-0.05, 0) is 31.7 Å². The Kier molecular flexibility index (Phi) is 4.24. The molecule has 66 valence electrons. The molecule has 1 N–H and O–H groups in total. The molecule has 2 atom stereocenters. The largest absolute Gasteiger partial charge is 0.314 e. The van der Waals surface area contributed by atoms with Crippen LogP contribution in [0.4, 0.5) is 0 Å². The van der Waals surface area contributed by atoms with E-state index in [0.717, 1.165) is 18.3 Å². The van der Waals surface area contributed by atoms with Gasteiger partial charge in [-0.3, -0.25) is 0 Å².